The molecule has 23 heavy (non-hydrogen) atoms. The minimum absolute atomic E-state index is 0.0325. The van der Waals surface area contributed by atoms with Crippen molar-refractivity contribution in [1.82, 2.24) is 10.6 Å². The van der Waals surface area contributed by atoms with Crippen molar-refractivity contribution in [1.29, 1.82) is 0 Å². The lowest BCUT2D eigenvalue weighted by atomic mass is 10.3. The number of hydrogen-bond acceptors (Lipinski definition) is 5. The Morgan fingerprint density at radius 3 is 1.65 bits per heavy atom. The molecule has 0 heterocycles. The zero-order chi connectivity index (χ0) is 17.6. The Balaban J connectivity index is 3.66. The molecule has 6 nitrogen and oxygen atoms in total. The van der Waals surface area contributed by atoms with Gasteiger partial charge < -0.3 is 10.6 Å². The van der Waals surface area contributed by atoms with Crippen molar-refractivity contribution in [2.45, 2.75) is 52.4 Å². The highest BCUT2D eigenvalue weighted by Gasteiger charge is 2.17. The summed E-state index contributed by atoms with van der Waals surface area (Å²) in [6.07, 6.45) is 4.06. The fourth-order valence-electron chi connectivity index (χ4n) is 1.59. The second kappa shape index (κ2) is 14.2. The first-order chi connectivity index (χ1) is 10.9. The molecule has 0 aliphatic rings. The van der Waals surface area contributed by atoms with Crippen molar-refractivity contribution in [3.63, 3.8) is 0 Å². The van der Waals surface area contributed by atoms with Crippen LogP contribution in [0, 0.1) is 0 Å². The molecule has 0 aromatic rings. The van der Waals surface area contributed by atoms with E-state index in [9.17, 15) is 14.2 Å². The third-order valence-electron chi connectivity index (χ3n) is 2.78. The normalized spacial score (nSPS) is 11.3. The molecule has 4 N–H and O–H groups in total. The van der Waals surface area contributed by atoms with Crippen LogP contribution in [0.1, 0.15) is 52.4 Å². The molecule has 0 atom stereocenters. The van der Waals surface area contributed by atoms with Gasteiger partial charge in [-0.2, -0.15) is 0 Å². The number of hydrogen-bond donors (Lipinski definition) is 3. The lowest BCUT2D eigenvalue weighted by Crippen LogP contribution is -2.23. The van der Waals surface area contributed by atoms with Crippen LogP contribution in [0.3, 0.4) is 0 Å². The Morgan fingerprint density at radius 2 is 1.30 bits per heavy atom. The third kappa shape index (κ3) is 15.1. The van der Waals surface area contributed by atoms with Gasteiger partial charge in [-0.1, -0.05) is 36.6 Å². The van der Waals surface area contributed by atoms with E-state index in [1.165, 1.54) is 22.8 Å². The first-order valence-electron chi connectivity index (χ1n) is 8.12. The third-order valence-corrected chi connectivity index (χ3v) is 9.60. The molecule has 0 bridgehead atoms. The largest absolute Gasteiger partial charge is 0.356 e. The fourth-order valence-corrected chi connectivity index (χ4v) is 7.26. The highest BCUT2D eigenvalue weighted by molar-refractivity contribution is 8.90. The van der Waals surface area contributed by atoms with Crippen molar-refractivity contribution in [2.24, 2.45) is 5.50 Å². The SMILES string of the molecule is CCCNC(=O)CCCSP(N)(=O)SCCCC(=O)NCCC. The van der Waals surface area contributed by atoms with E-state index in [1.807, 2.05) is 13.8 Å². The summed E-state index contributed by atoms with van der Waals surface area (Å²) in [6, 6.07) is 0. The summed E-state index contributed by atoms with van der Waals surface area (Å²) in [5, 5.41) is 5.61. The summed E-state index contributed by atoms with van der Waals surface area (Å²) in [4.78, 5) is 22.8. The van der Waals surface area contributed by atoms with Crippen LogP contribution in [0.4, 0.5) is 0 Å². The van der Waals surface area contributed by atoms with Crippen molar-refractivity contribution in [2.75, 3.05) is 24.6 Å². The van der Waals surface area contributed by atoms with Crippen LogP contribution in [0.5, 0.6) is 0 Å². The van der Waals surface area contributed by atoms with Crippen LogP contribution < -0.4 is 16.1 Å². The predicted molar refractivity (Wildman–Crippen MR) is 102 cm³/mol. The average Bonchev–Trinajstić information content (AvgIpc) is 2.51. The lowest BCUT2D eigenvalue weighted by molar-refractivity contribution is -0.121. The van der Waals surface area contributed by atoms with Gasteiger partial charge in [0.1, 0.15) is 0 Å². The molecule has 0 radical (unpaired) electrons. The van der Waals surface area contributed by atoms with E-state index in [0.717, 1.165) is 12.8 Å². The van der Waals surface area contributed by atoms with E-state index in [0.29, 0.717) is 50.3 Å². The van der Waals surface area contributed by atoms with E-state index in [4.69, 9.17) is 5.50 Å². The zero-order valence-electron chi connectivity index (χ0n) is 14.1. The average molecular weight is 384 g/mol. The topological polar surface area (TPSA) is 101 Å². The van der Waals surface area contributed by atoms with Crippen LogP contribution in [-0.2, 0) is 14.2 Å². The van der Waals surface area contributed by atoms with Crippen LogP contribution >= 0.6 is 28.5 Å². The van der Waals surface area contributed by atoms with Crippen molar-refractivity contribution < 1.29 is 14.2 Å². The molecule has 0 aliphatic carbocycles. The summed E-state index contributed by atoms with van der Waals surface area (Å²) >= 11 is 2.47. The minimum Gasteiger partial charge on any atom is -0.356 e. The van der Waals surface area contributed by atoms with Gasteiger partial charge >= 0.3 is 0 Å². The van der Waals surface area contributed by atoms with Gasteiger partial charge in [0.05, 0.1) is 0 Å². The molecule has 0 fully saturated rings. The van der Waals surface area contributed by atoms with Gasteiger partial charge in [0.25, 0.3) is 5.70 Å². The van der Waals surface area contributed by atoms with Crippen molar-refractivity contribution >= 4 is 40.3 Å². The zero-order valence-corrected chi connectivity index (χ0v) is 16.7. The number of rotatable bonds is 14. The molecule has 0 rings (SSSR count). The summed E-state index contributed by atoms with van der Waals surface area (Å²) < 4.78 is 12.1. The maximum Gasteiger partial charge on any atom is 0.252 e. The van der Waals surface area contributed by atoms with Gasteiger partial charge in [-0.15, -0.1) is 0 Å². The summed E-state index contributed by atoms with van der Waals surface area (Å²) in [5.74, 6) is 1.28. The molecule has 0 saturated heterocycles. The second-order valence-electron chi connectivity index (χ2n) is 5.11. The van der Waals surface area contributed by atoms with E-state index in [2.05, 4.69) is 10.6 Å². The van der Waals surface area contributed by atoms with E-state index < -0.39 is 5.70 Å². The smallest absolute Gasteiger partial charge is 0.252 e. The van der Waals surface area contributed by atoms with Gasteiger partial charge in [0, 0.05) is 37.4 Å². The van der Waals surface area contributed by atoms with Crippen LogP contribution in [0.2, 0.25) is 0 Å². The first-order valence-corrected chi connectivity index (χ1v) is 13.1. The predicted octanol–water partition coefficient (Wildman–Crippen LogP) is 3.13. The summed E-state index contributed by atoms with van der Waals surface area (Å²) in [7, 11) is 0. The van der Waals surface area contributed by atoms with Gasteiger partial charge in [0.15, 0.2) is 0 Å². The first kappa shape index (κ1) is 22.8. The van der Waals surface area contributed by atoms with Gasteiger partial charge in [-0.25, -0.2) is 0 Å². The Kier molecular flexibility index (Phi) is 14.1. The molecule has 0 saturated carbocycles. The Labute approximate surface area is 147 Å². The molecule has 0 aromatic carbocycles. The van der Waals surface area contributed by atoms with Crippen molar-refractivity contribution in [3.05, 3.63) is 0 Å². The minimum atomic E-state index is -2.78. The molecule has 2 amide bonds. The Bertz CT molecular complexity index is 365. The number of nitrogens with one attached hydrogen (secondary N) is 2. The Morgan fingerprint density at radius 1 is 0.913 bits per heavy atom. The highest BCUT2D eigenvalue weighted by atomic mass is 33.1. The maximum atomic E-state index is 12.1. The quantitative estimate of drug-likeness (QED) is 0.315. The number of carbonyl (C=O) groups is 2. The maximum absolute atomic E-state index is 12.1. The molecule has 9 heteroatoms. The van der Waals surface area contributed by atoms with Gasteiger partial charge in [0.2, 0.25) is 11.8 Å². The number of nitrogens with two attached hydrogens (primary N) is 1. The van der Waals surface area contributed by atoms with E-state index >= 15 is 0 Å². The van der Waals surface area contributed by atoms with Crippen LogP contribution in [0.25, 0.3) is 0 Å². The molecule has 136 valence electrons. The lowest BCUT2D eigenvalue weighted by Gasteiger charge is -2.11. The fraction of sp³-hybridized carbons (Fsp3) is 0.857. The van der Waals surface area contributed by atoms with Crippen LogP contribution in [0.15, 0.2) is 0 Å². The Hall–Kier alpha value is -0.170. The monoisotopic (exact) mass is 383 g/mol. The standard InChI is InChI=1S/C14H30N3O3PS2/c1-3-9-16-13(18)7-5-11-22-21(15,20)23-12-6-8-14(19)17-10-4-2/h3-12H2,1-2H3,(H2,15,20)(H,16,18)(H,17,19). The molecule has 0 aromatic heterocycles. The summed E-state index contributed by atoms with van der Waals surface area (Å²) in [5.41, 5.74) is 3.01. The van der Waals surface area contributed by atoms with E-state index in [-0.39, 0.29) is 11.8 Å². The molecule has 0 aliphatic heterocycles. The number of carbonyl (C=O) groups excluding carboxylic acids is 2. The highest BCUT2D eigenvalue weighted by Crippen LogP contribution is 2.62. The van der Waals surface area contributed by atoms with Crippen LogP contribution in [-0.4, -0.2) is 36.4 Å². The molecular weight excluding hydrogens is 353 g/mol. The molecule has 0 spiro atoms. The van der Waals surface area contributed by atoms with Gasteiger partial charge in [-0.3, -0.25) is 19.7 Å². The van der Waals surface area contributed by atoms with E-state index in [1.54, 1.807) is 0 Å². The van der Waals surface area contributed by atoms with Gasteiger partial charge in [-0.05, 0) is 25.7 Å². The summed E-state index contributed by atoms with van der Waals surface area (Å²) in [6.45, 7) is 5.41. The second-order valence-corrected chi connectivity index (χ2v) is 13.0. The molecular formula is C14H30N3O3PS2. The number of amides is 2. The van der Waals surface area contributed by atoms with Crippen molar-refractivity contribution in [3.8, 4) is 0 Å². The molecule has 0 unspecified atom stereocenters.